The fourth-order valence-electron chi connectivity index (χ4n) is 3.41. The molecule has 2 aromatic rings. The predicted octanol–water partition coefficient (Wildman–Crippen LogP) is 2.26. The van der Waals surface area contributed by atoms with E-state index in [2.05, 4.69) is 60.6 Å². The van der Waals surface area contributed by atoms with Crippen LogP contribution in [0.1, 0.15) is 48.3 Å². The molecule has 0 aliphatic carbocycles. The third-order valence-corrected chi connectivity index (χ3v) is 5.27. The van der Waals surface area contributed by atoms with Crippen LogP contribution in [0.5, 0.6) is 0 Å². The lowest BCUT2D eigenvalue weighted by atomic mass is 9.84. The number of nitrogens with two attached hydrogens (primary N) is 1. The number of primary amides is 1. The lowest BCUT2D eigenvalue weighted by Crippen LogP contribution is -2.44. The van der Waals surface area contributed by atoms with Crippen molar-refractivity contribution < 1.29 is 9.59 Å². The Morgan fingerprint density at radius 2 is 1.89 bits per heavy atom. The minimum absolute atomic E-state index is 0.0892. The van der Waals surface area contributed by atoms with Gasteiger partial charge in [0.1, 0.15) is 11.9 Å². The van der Waals surface area contributed by atoms with E-state index in [0.29, 0.717) is 25.3 Å². The summed E-state index contributed by atoms with van der Waals surface area (Å²) >= 11 is 0. The first-order chi connectivity index (χ1) is 13.3. The van der Waals surface area contributed by atoms with Gasteiger partial charge in [0.2, 0.25) is 5.91 Å². The monoisotopic (exact) mass is 381 g/mol. The highest BCUT2D eigenvalue weighted by atomic mass is 16.2. The van der Waals surface area contributed by atoms with Gasteiger partial charge in [0.25, 0.3) is 5.91 Å². The van der Waals surface area contributed by atoms with Gasteiger partial charge in [0, 0.05) is 18.5 Å². The number of anilines is 1. The zero-order valence-electron chi connectivity index (χ0n) is 16.6. The summed E-state index contributed by atoms with van der Waals surface area (Å²) in [5, 5.41) is 11.5. The highest BCUT2D eigenvalue weighted by Gasteiger charge is 2.33. The Labute approximate surface area is 165 Å². The number of likely N-dealkylation sites (tertiary alicyclic amines) is 1. The second kappa shape index (κ2) is 7.96. The van der Waals surface area contributed by atoms with E-state index in [1.54, 1.807) is 12.1 Å². The second-order valence-electron chi connectivity index (χ2n) is 7.97. The lowest BCUT2D eigenvalue weighted by Gasteiger charge is -2.26. The number of hydrogen-bond donors (Lipinski definition) is 2. The molecule has 1 fully saturated rings. The molecule has 2 amide bonds. The zero-order valence-corrected chi connectivity index (χ0v) is 16.6. The summed E-state index contributed by atoms with van der Waals surface area (Å²) in [6.45, 7) is 7.58. The van der Waals surface area contributed by atoms with Crippen LogP contribution in [0.15, 0.2) is 36.4 Å². The van der Waals surface area contributed by atoms with Crippen LogP contribution in [0.3, 0.4) is 0 Å². The molecular weight excluding hydrogens is 354 g/mol. The molecule has 7 heteroatoms. The summed E-state index contributed by atoms with van der Waals surface area (Å²) in [6, 6.07) is 11.3. The summed E-state index contributed by atoms with van der Waals surface area (Å²) in [6.07, 6.45) is 1.36. The molecule has 28 heavy (non-hydrogen) atoms. The van der Waals surface area contributed by atoms with Gasteiger partial charge in [-0.2, -0.15) is 0 Å². The van der Waals surface area contributed by atoms with E-state index in [1.165, 1.54) is 16.0 Å². The number of carbonyl (C=O) groups is 2. The van der Waals surface area contributed by atoms with Gasteiger partial charge in [-0.15, -0.1) is 10.2 Å². The summed E-state index contributed by atoms with van der Waals surface area (Å²) in [5.74, 6) is -0.180. The van der Waals surface area contributed by atoms with Crippen molar-refractivity contribution >= 4 is 17.6 Å². The molecule has 1 atom stereocenters. The van der Waals surface area contributed by atoms with Crippen molar-refractivity contribution in [3.05, 3.63) is 53.2 Å². The number of aromatic nitrogens is 2. The molecule has 148 valence electrons. The quantitative estimate of drug-likeness (QED) is 0.799. The maximum atomic E-state index is 12.6. The standard InChI is InChI=1S/C21H27N5O2/c1-14-6-8-15(9-7-14)21(2,3)13-23-18-11-10-16(24-25-18)20(28)26-12-4-5-17(26)19(22)27/h6-11,17H,4-5,12-13H2,1-3H3,(H2,22,27)(H,23,25). The minimum Gasteiger partial charge on any atom is -0.368 e. The smallest absolute Gasteiger partial charge is 0.275 e. The van der Waals surface area contributed by atoms with Crippen molar-refractivity contribution in [3.63, 3.8) is 0 Å². The van der Waals surface area contributed by atoms with Crippen LogP contribution in [0.25, 0.3) is 0 Å². The van der Waals surface area contributed by atoms with E-state index >= 15 is 0 Å². The topological polar surface area (TPSA) is 101 Å². The van der Waals surface area contributed by atoms with Crippen LogP contribution in [-0.2, 0) is 10.2 Å². The number of hydrogen-bond acceptors (Lipinski definition) is 5. The average molecular weight is 381 g/mol. The molecule has 1 aliphatic heterocycles. The Bertz CT molecular complexity index is 846. The first kappa shape index (κ1) is 19.8. The zero-order chi connectivity index (χ0) is 20.3. The Morgan fingerprint density at radius 1 is 1.18 bits per heavy atom. The van der Waals surface area contributed by atoms with Crippen molar-refractivity contribution in [1.82, 2.24) is 15.1 Å². The second-order valence-corrected chi connectivity index (χ2v) is 7.97. The summed E-state index contributed by atoms with van der Waals surface area (Å²) in [4.78, 5) is 25.6. The van der Waals surface area contributed by atoms with Gasteiger partial charge in [-0.05, 0) is 37.5 Å². The molecule has 1 unspecified atom stereocenters. The maximum absolute atomic E-state index is 12.6. The van der Waals surface area contributed by atoms with Crippen molar-refractivity contribution in [2.24, 2.45) is 5.73 Å². The van der Waals surface area contributed by atoms with E-state index in [4.69, 9.17) is 5.73 Å². The Hall–Kier alpha value is -2.96. The molecule has 1 saturated heterocycles. The number of nitrogens with zero attached hydrogens (tertiary/aromatic N) is 3. The van der Waals surface area contributed by atoms with Crippen LogP contribution in [0.4, 0.5) is 5.82 Å². The number of nitrogens with one attached hydrogen (secondary N) is 1. The molecule has 3 rings (SSSR count). The van der Waals surface area contributed by atoms with Gasteiger partial charge in [-0.3, -0.25) is 9.59 Å². The molecule has 3 N–H and O–H groups in total. The number of benzene rings is 1. The van der Waals surface area contributed by atoms with E-state index < -0.39 is 11.9 Å². The Kier molecular flexibility index (Phi) is 5.63. The molecule has 7 nitrogen and oxygen atoms in total. The molecule has 0 bridgehead atoms. The van der Waals surface area contributed by atoms with Gasteiger partial charge in [0.15, 0.2) is 5.69 Å². The van der Waals surface area contributed by atoms with Crippen LogP contribution in [-0.4, -0.2) is 46.0 Å². The summed E-state index contributed by atoms with van der Waals surface area (Å²) in [7, 11) is 0. The summed E-state index contributed by atoms with van der Waals surface area (Å²) in [5.41, 5.74) is 7.98. The van der Waals surface area contributed by atoms with Gasteiger partial charge < -0.3 is 16.0 Å². The largest absolute Gasteiger partial charge is 0.368 e. The molecule has 1 aromatic carbocycles. The molecule has 2 heterocycles. The van der Waals surface area contributed by atoms with Gasteiger partial charge in [0.05, 0.1) is 0 Å². The number of rotatable bonds is 6. The van der Waals surface area contributed by atoms with Crippen LogP contribution >= 0.6 is 0 Å². The number of carbonyl (C=O) groups excluding carboxylic acids is 2. The normalized spacial score (nSPS) is 16.8. The number of amides is 2. The first-order valence-corrected chi connectivity index (χ1v) is 9.53. The Morgan fingerprint density at radius 3 is 2.50 bits per heavy atom. The SMILES string of the molecule is Cc1ccc(C(C)(C)CNc2ccc(C(=O)N3CCCC3C(N)=O)nn2)cc1. The number of aryl methyl sites for hydroxylation is 1. The van der Waals surface area contributed by atoms with Crippen LogP contribution in [0.2, 0.25) is 0 Å². The highest BCUT2D eigenvalue weighted by Crippen LogP contribution is 2.24. The third-order valence-electron chi connectivity index (χ3n) is 5.27. The predicted molar refractivity (Wildman–Crippen MR) is 108 cm³/mol. The Balaban J connectivity index is 1.63. The van der Waals surface area contributed by atoms with Crippen LogP contribution in [0, 0.1) is 6.92 Å². The molecule has 0 radical (unpaired) electrons. The molecular formula is C21H27N5O2. The van der Waals surface area contributed by atoms with Crippen molar-refractivity contribution in [2.45, 2.75) is 45.1 Å². The average Bonchev–Trinajstić information content (AvgIpc) is 3.17. The van der Waals surface area contributed by atoms with E-state index in [1.807, 2.05) is 0 Å². The fraction of sp³-hybridized carbons (Fsp3) is 0.429. The third kappa shape index (κ3) is 4.30. The highest BCUT2D eigenvalue weighted by molar-refractivity contribution is 5.96. The molecule has 0 spiro atoms. The molecule has 1 aromatic heterocycles. The van der Waals surface area contributed by atoms with Gasteiger partial charge >= 0.3 is 0 Å². The fourth-order valence-corrected chi connectivity index (χ4v) is 3.41. The van der Waals surface area contributed by atoms with Crippen molar-refractivity contribution in [2.75, 3.05) is 18.4 Å². The van der Waals surface area contributed by atoms with Crippen molar-refractivity contribution in [3.8, 4) is 0 Å². The van der Waals surface area contributed by atoms with Crippen LogP contribution < -0.4 is 11.1 Å². The van der Waals surface area contributed by atoms with E-state index in [9.17, 15) is 9.59 Å². The van der Waals surface area contributed by atoms with E-state index in [0.717, 1.165) is 6.42 Å². The van der Waals surface area contributed by atoms with Gasteiger partial charge in [-0.25, -0.2) is 0 Å². The van der Waals surface area contributed by atoms with E-state index in [-0.39, 0.29) is 17.0 Å². The molecule has 1 aliphatic rings. The maximum Gasteiger partial charge on any atom is 0.275 e. The van der Waals surface area contributed by atoms with Crippen molar-refractivity contribution in [1.29, 1.82) is 0 Å². The minimum atomic E-state index is -0.553. The lowest BCUT2D eigenvalue weighted by molar-refractivity contribution is -0.121. The van der Waals surface area contributed by atoms with Gasteiger partial charge in [-0.1, -0.05) is 43.7 Å². The summed E-state index contributed by atoms with van der Waals surface area (Å²) < 4.78 is 0. The first-order valence-electron chi connectivity index (χ1n) is 9.53. The molecule has 0 saturated carbocycles.